The number of allylic oxidation sites excluding steroid dienone is 6. The Labute approximate surface area is 155 Å². The number of benzene rings is 1. The summed E-state index contributed by atoms with van der Waals surface area (Å²) in [6, 6.07) is 11.2. The quantitative estimate of drug-likeness (QED) is 0.621. The van der Waals surface area contributed by atoms with Gasteiger partial charge in [-0.2, -0.15) is 0 Å². The number of rotatable bonds is 6. The summed E-state index contributed by atoms with van der Waals surface area (Å²) in [5.74, 6) is -1.01. The fourth-order valence-electron chi connectivity index (χ4n) is 2.25. The van der Waals surface area contributed by atoms with Crippen molar-refractivity contribution in [1.82, 2.24) is 4.98 Å². The van der Waals surface area contributed by atoms with Gasteiger partial charge in [0.1, 0.15) is 0 Å². The van der Waals surface area contributed by atoms with Crippen LogP contribution in [-0.4, -0.2) is 16.1 Å². The minimum Gasteiger partial charge on any atom is -0.478 e. The van der Waals surface area contributed by atoms with Crippen LogP contribution in [0.25, 0.3) is 17.2 Å². The van der Waals surface area contributed by atoms with Gasteiger partial charge in [-0.3, -0.25) is 4.98 Å². The Kier molecular flexibility index (Phi) is 6.66. The van der Waals surface area contributed by atoms with Gasteiger partial charge >= 0.3 is 5.97 Å². The number of pyridine rings is 1. The van der Waals surface area contributed by atoms with E-state index in [2.05, 4.69) is 27.5 Å². The molecular weight excluding hydrogens is 378 g/mol. The molecule has 1 aromatic heterocycles. The third-order valence-corrected chi connectivity index (χ3v) is 4.42. The smallest absolute Gasteiger partial charge is 0.337 e. The number of nitrogens with zero attached hydrogens (tertiary/aromatic N) is 1. The summed E-state index contributed by atoms with van der Waals surface area (Å²) in [6.07, 6.45) is 10.6. The Morgan fingerprint density at radius 1 is 1.24 bits per heavy atom. The van der Waals surface area contributed by atoms with Crippen LogP contribution in [-0.2, 0) is 0 Å². The molecule has 3 nitrogen and oxygen atoms in total. The molecule has 0 atom stereocenters. The summed E-state index contributed by atoms with van der Waals surface area (Å²) in [7, 11) is 0. The SMILES string of the molecule is C=C/C=C(/C=C/c1ncc(-c2ccccc2)cc1C(=O)O)C(\Br)=C/C. The summed E-state index contributed by atoms with van der Waals surface area (Å²) < 4.78 is 0.890. The largest absolute Gasteiger partial charge is 0.478 e. The first-order chi connectivity index (χ1) is 12.1. The Hall–Kier alpha value is -2.72. The van der Waals surface area contributed by atoms with Gasteiger partial charge in [-0.25, -0.2) is 4.79 Å². The number of hydrogen-bond acceptors (Lipinski definition) is 2. The lowest BCUT2D eigenvalue weighted by Gasteiger charge is -2.06. The maximum atomic E-state index is 11.6. The Balaban J connectivity index is 2.45. The fraction of sp³-hybridized carbons (Fsp3) is 0.0476. The summed E-state index contributed by atoms with van der Waals surface area (Å²) >= 11 is 3.46. The van der Waals surface area contributed by atoms with Gasteiger partial charge in [-0.15, -0.1) is 0 Å². The van der Waals surface area contributed by atoms with Crippen LogP contribution in [0.15, 0.2) is 83.5 Å². The number of aromatic nitrogens is 1. The van der Waals surface area contributed by atoms with E-state index in [-0.39, 0.29) is 5.56 Å². The highest BCUT2D eigenvalue weighted by Gasteiger charge is 2.11. The molecule has 0 radical (unpaired) electrons. The van der Waals surface area contributed by atoms with Crippen molar-refractivity contribution in [2.45, 2.75) is 6.92 Å². The van der Waals surface area contributed by atoms with Gasteiger partial charge in [0.15, 0.2) is 0 Å². The van der Waals surface area contributed by atoms with Gasteiger partial charge < -0.3 is 5.11 Å². The third-order valence-electron chi connectivity index (χ3n) is 3.50. The number of hydrogen-bond donors (Lipinski definition) is 1. The van der Waals surface area contributed by atoms with Gasteiger partial charge in [0.05, 0.1) is 11.3 Å². The molecule has 1 aromatic carbocycles. The molecule has 25 heavy (non-hydrogen) atoms. The molecule has 2 rings (SSSR count). The maximum absolute atomic E-state index is 11.6. The first-order valence-electron chi connectivity index (χ1n) is 7.68. The predicted octanol–water partition coefficient (Wildman–Crippen LogP) is 5.87. The van der Waals surface area contributed by atoms with Gasteiger partial charge in [-0.05, 0) is 30.2 Å². The van der Waals surface area contributed by atoms with Crippen LogP contribution in [0.2, 0.25) is 0 Å². The summed E-state index contributed by atoms with van der Waals surface area (Å²) in [6.45, 7) is 5.60. The zero-order valence-corrected chi connectivity index (χ0v) is 15.4. The van der Waals surface area contributed by atoms with Crippen LogP contribution in [0.1, 0.15) is 23.0 Å². The number of carboxylic acids is 1. The molecule has 0 aliphatic heterocycles. The normalized spacial score (nSPS) is 12.4. The molecule has 4 heteroatoms. The maximum Gasteiger partial charge on any atom is 0.337 e. The van der Waals surface area contributed by atoms with E-state index in [4.69, 9.17) is 0 Å². The lowest BCUT2D eigenvalue weighted by atomic mass is 10.0. The monoisotopic (exact) mass is 395 g/mol. The lowest BCUT2D eigenvalue weighted by Crippen LogP contribution is -2.02. The number of carboxylic acid groups (broad SMARTS) is 1. The van der Waals surface area contributed by atoms with Crippen molar-refractivity contribution in [3.63, 3.8) is 0 Å². The molecule has 0 fully saturated rings. The standard InChI is InChI=1S/C21H18BrNO2/c1-3-8-16(19(22)4-2)11-12-20-18(21(24)25)13-17(14-23-20)15-9-6-5-7-10-15/h3-14H,1H2,2H3,(H,24,25)/b12-11+,16-8-,19-4+. The second-order valence-corrected chi connectivity index (χ2v) is 6.01. The minimum atomic E-state index is -1.01. The van der Waals surface area contributed by atoms with Crippen LogP contribution in [0, 0.1) is 0 Å². The molecule has 2 aromatic rings. The van der Waals surface area contributed by atoms with Gasteiger partial charge in [0.25, 0.3) is 0 Å². The second-order valence-electron chi connectivity index (χ2n) is 5.16. The molecule has 0 saturated carbocycles. The molecular formula is C21H18BrNO2. The van der Waals surface area contributed by atoms with E-state index in [9.17, 15) is 9.90 Å². The van der Waals surface area contributed by atoms with E-state index in [0.717, 1.165) is 21.2 Å². The van der Waals surface area contributed by atoms with Gasteiger partial charge in [0, 0.05) is 16.2 Å². The van der Waals surface area contributed by atoms with Crippen molar-refractivity contribution in [2.24, 2.45) is 0 Å². The van der Waals surface area contributed by atoms with E-state index in [1.54, 1.807) is 24.4 Å². The van der Waals surface area contributed by atoms with E-state index in [0.29, 0.717) is 5.69 Å². The second kappa shape index (κ2) is 8.94. The van der Waals surface area contributed by atoms with Crippen LogP contribution >= 0.6 is 15.9 Å². The predicted molar refractivity (Wildman–Crippen MR) is 107 cm³/mol. The van der Waals surface area contributed by atoms with Crippen molar-refractivity contribution in [2.75, 3.05) is 0 Å². The summed E-state index contributed by atoms with van der Waals surface area (Å²) in [5, 5.41) is 9.54. The lowest BCUT2D eigenvalue weighted by molar-refractivity contribution is 0.0696. The Bertz CT molecular complexity index is 865. The summed E-state index contributed by atoms with van der Waals surface area (Å²) in [4.78, 5) is 16.0. The first kappa shape index (κ1) is 18.6. The van der Waals surface area contributed by atoms with Crippen LogP contribution in [0.5, 0.6) is 0 Å². The average Bonchev–Trinajstić information content (AvgIpc) is 2.65. The van der Waals surface area contributed by atoms with E-state index >= 15 is 0 Å². The molecule has 0 spiro atoms. The number of carbonyl (C=O) groups is 1. The van der Waals surface area contributed by atoms with E-state index in [1.807, 2.05) is 55.5 Å². The fourth-order valence-corrected chi connectivity index (χ4v) is 2.51. The molecule has 0 aliphatic carbocycles. The highest BCUT2D eigenvalue weighted by Crippen LogP contribution is 2.23. The van der Waals surface area contributed by atoms with E-state index < -0.39 is 5.97 Å². The summed E-state index contributed by atoms with van der Waals surface area (Å²) in [5.41, 5.74) is 3.14. The van der Waals surface area contributed by atoms with Crippen molar-refractivity contribution >= 4 is 28.0 Å². The van der Waals surface area contributed by atoms with E-state index in [1.165, 1.54) is 0 Å². The average molecular weight is 396 g/mol. The van der Waals surface area contributed by atoms with Gasteiger partial charge in [-0.1, -0.05) is 77.1 Å². The molecule has 0 amide bonds. The number of halogens is 1. The van der Waals surface area contributed by atoms with Crippen molar-refractivity contribution < 1.29 is 9.90 Å². The Morgan fingerprint density at radius 2 is 1.96 bits per heavy atom. The molecule has 0 bridgehead atoms. The van der Waals surface area contributed by atoms with Crippen LogP contribution in [0.3, 0.4) is 0 Å². The highest BCUT2D eigenvalue weighted by atomic mass is 79.9. The Morgan fingerprint density at radius 3 is 2.56 bits per heavy atom. The zero-order valence-electron chi connectivity index (χ0n) is 13.8. The molecule has 1 heterocycles. The zero-order chi connectivity index (χ0) is 18.2. The third kappa shape index (κ3) is 4.88. The van der Waals surface area contributed by atoms with Crippen molar-refractivity contribution in [3.05, 3.63) is 94.8 Å². The number of aromatic carboxylic acids is 1. The molecule has 0 saturated heterocycles. The van der Waals surface area contributed by atoms with Gasteiger partial charge in [0.2, 0.25) is 0 Å². The van der Waals surface area contributed by atoms with Crippen LogP contribution in [0.4, 0.5) is 0 Å². The molecule has 126 valence electrons. The van der Waals surface area contributed by atoms with Crippen molar-refractivity contribution in [3.8, 4) is 11.1 Å². The van der Waals surface area contributed by atoms with Crippen LogP contribution < -0.4 is 0 Å². The topological polar surface area (TPSA) is 50.2 Å². The molecule has 1 N–H and O–H groups in total. The molecule has 0 aliphatic rings. The molecule has 0 unspecified atom stereocenters. The van der Waals surface area contributed by atoms with Crippen molar-refractivity contribution in [1.29, 1.82) is 0 Å². The minimum absolute atomic E-state index is 0.159. The first-order valence-corrected chi connectivity index (χ1v) is 8.48. The highest BCUT2D eigenvalue weighted by molar-refractivity contribution is 9.12.